The Hall–Kier alpha value is -2.76. The Kier molecular flexibility index (Phi) is 3.93. The van der Waals surface area contributed by atoms with Crippen LogP contribution in [0.2, 0.25) is 0 Å². The molecule has 0 radical (unpaired) electrons. The van der Waals surface area contributed by atoms with Gasteiger partial charge in [0.05, 0.1) is 27.6 Å². The highest BCUT2D eigenvalue weighted by molar-refractivity contribution is 7.18. The maximum Gasteiger partial charge on any atom is 0.260 e. The van der Waals surface area contributed by atoms with Gasteiger partial charge in [-0.25, -0.2) is 4.98 Å². The van der Waals surface area contributed by atoms with E-state index >= 15 is 0 Å². The first-order valence-electron chi connectivity index (χ1n) is 10.2. The van der Waals surface area contributed by atoms with Gasteiger partial charge in [-0.1, -0.05) is 36.4 Å². The van der Waals surface area contributed by atoms with Gasteiger partial charge in [0, 0.05) is 30.0 Å². The fourth-order valence-electron chi connectivity index (χ4n) is 4.71. The van der Waals surface area contributed by atoms with Gasteiger partial charge in [0.1, 0.15) is 0 Å². The molecule has 3 heterocycles. The largest absolute Gasteiger partial charge is 0.294 e. The number of fused-ring (bicyclic) bond motifs is 1. The van der Waals surface area contributed by atoms with E-state index in [4.69, 9.17) is 4.98 Å². The lowest BCUT2D eigenvalue weighted by atomic mass is 9.98. The molecule has 144 valence electrons. The molecule has 1 aromatic heterocycles. The number of carbonyl (C=O) groups excluding carboxylic acids is 1. The molecular weight excluding hydrogens is 378 g/mol. The van der Waals surface area contributed by atoms with E-state index in [1.54, 1.807) is 0 Å². The molecule has 1 amide bonds. The summed E-state index contributed by atoms with van der Waals surface area (Å²) >= 11 is 1.83. The lowest BCUT2D eigenvalue weighted by Crippen LogP contribution is -2.43. The van der Waals surface area contributed by atoms with Gasteiger partial charge in [0.2, 0.25) is 0 Å². The van der Waals surface area contributed by atoms with E-state index in [0.29, 0.717) is 12.6 Å². The molecule has 1 saturated heterocycles. The van der Waals surface area contributed by atoms with Crippen molar-refractivity contribution in [2.24, 2.45) is 0 Å². The highest BCUT2D eigenvalue weighted by Gasteiger charge is 2.32. The SMILES string of the molecule is O=C1c2cccc3cccc(c23)N1CN1CCC(c2nc3ccccc3s2)CC1. The third-order valence-corrected chi connectivity index (χ3v) is 7.44. The van der Waals surface area contributed by atoms with Crippen LogP contribution in [0.4, 0.5) is 5.69 Å². The quantitative estimate of drug-likeness (QED) is 0.472. The van der Waals surface area contributed by atoms with E-state index in [1.807, 2.05) is 34.4 Å². The molecule has 1 fully saturated rings. The average Bonchev–Trinajstić information content (AvgIpc) is 3.31. The monoisotopic (exact) mass is 399 g/mol. The van der Waals surface area contributed by atoms with Crippen LogP contribution in [0.25, 0.3) is 21.0 Å². The number of hydrogen-bond acceptors (Lipinski definition) is 4. The maximum atomic E-state index is 13.0. The van der Waals surface area contributed by atoms with Crippen LogP contribution in [-0.4, -0.2) is 35.5 Å². The Morgan fingerprint density at radius 2 is 1.76 bits per heavy atom. The van der Waals surface area contributed by atoms with Crippen molar-refractivity contribution in [2.45, 2.75) is 18.8 Å². The van der Waals surface area contributed by atoms with Crippen LogP contribution in [0.5, 0.6) is 0 Å². The van der Waals surface area contributed by atoms with E-state index in [0.717, 1.165) is 53.5 Å². The number of carbonyl (C=O) groups is 1. The predicted molar refractivity (Wildman–Crippen MR) is 119 cm³/mol. The van der Waals surface area contributed by atoms with Gasteiger partial charge >= 0.3 is 0 Å². The van der Waals surface area contributed by atoms with Crippen LogP contribution < -0.4 is 4.90 Å². The molecule has 0 aliphatic carbocycles. The summed E-state index contributed by atoms with van der Waals surface area (Å²) in [6.45, 7) is 2.66. The standard InChI is InChI=1S/C24H21N3OS/c28-24-18-7-3-5-16-6-4-9-20(22(16)18)27(24)15-26-13-11-17(12-14-26)23-25-19-8-1-2-10-21(19)29-23/h1-10,17H,11-15H2. The van der Waals surface area contributed by atoms with E-state index < -0.39 is 0 Å². The van der Waals surface area contributed by atoms with Crippen molar-refractivity contribution in [3.63, 3.8) is 0 Å². The smallest absolute Gasteiger partial charge is 0.260 e. The third-order valence-electron chi connectivity index (χ3n) is 6.24. The molecule has 0 bridgehead atoms. The second-order valence-electron chi connectivity index (χ2n) is 7.97. The van der Waals surface area contributed by atoms with Gasteiger partial charge in [0.25, 0.3) is 5.91 Å². The molecule has 4 aromatic rings. The molecule has 0 spiro atoms. The minimum Gasteiger partial charge on any atom is -0.294 e. The van der Waals surface area contributed by atoms with Gasteiger partial charge in [-0.2, -0.15) is 0 Å². The summed E-state index contributed by atoms with van der Waals surface area (Å²) in [4.78, 5) is 22.3. The number of anilines is 1. The van der Waals surface area contributed by atoms with E-state index in [-0.39, 0.29) is 5.91 Å². The van der Waals surface area contributed by atoms with Crippen LogP contribution >= 0.6 is 11.3 Å². The summed E-state index contributed by atoms with van der Waals surface area (Å²) in [5, 5.41) is 3.51. The molecule has 0 unspecified atom stereocenters. The molecule has 3 aromatic carbocycles. The number of rotatable bonds is 3. The Bertz CT molecular complexity index is 1200. The lowest BCUT2D eigenvalue weighted by Gasteiger charge is -2.34. The fourth-order valence-corrected chi connectivity index (χ4v) is 5.84. The number of hydrogen-bond donors (Lipinski definition) is 0. The van der Waals surface area contributed by atoms with E-state index in [1.165, 1.54) is 9.71 Å². The van der Waals surface area contributed by atoms with Crippen LogP contribution in [0.15, 0.2) is 60.7 Å². The van der Waals surface area contributed by atoms with Crippen molar-refractivity contribution >= 4 is 43.9 Å². The summed E-state index contributed by atoms with van der Waals surface area (Å²) in [5.74, 6) is 0.656. The van der Waals surface area contributed by atoms with Crippen LogP contribution in [-0.2, 0) is 0 Å². The molecule has 2 aliphatic rings. The highest BCUT2D eigenvalue weighted by Crippen LogP contribution is 2.38. The molecule has 29 heavy (non-hydrogen) atoms. The van der Waals surface area contributed by atoms with Crippen LogP contribution in [0.3, 0.4) is 0 Å². The zero-order chi connectivity index (χ0) is 19.4. The van der Waals surface area contributed by atoms with E-state index in [2.05, 4.69) is 47.4 Å². The first-order valence-corrected chi connectivity index (χ1v) is 11.0. The zero-order valence-corrected chi connectivity index (χ0v) is 16.9. The molecule has 0 N–H and O–H groups in total. The third kappa shape index (κ3) is 2.76. The Balaban J connectivity index is 1.19. The number of thiazole rings is 1. The minimum atomic E-state index is 0.130. The Morgan fingerprint density at radius 1 is 0.966 bits per heavy atom. The molecular formula is C24H21N3OS. The second-order valence-corrected chi connectivity index (χ2v) is 9.03. The van der Waals surface area contributed by atoms with Crippen molar-refractivity contribution in [1.29, 1.82) is 0 Å². The maximum absolute atomic E-state index is 13.0. The van der Waals surface area contributed by atoms with Crippen molar-refractivity contribution in [2.75, 3.05) is 24.7 Å². The van der Waals surface area contributed by atoms with Gasteiger partial charge in [-0.15, -0.1) is 11.3 Å². The molecule has 6 rings (SSSR count). The minimum absolute atomic E-state index is 0.130. The van der Waals surface area contributed by atoms with Crippen molar-refractivity contribution in [3.8, 4) is 0 Å². The number of piperidine rings is 1. The van der Waals surface area contributed by atoms with E-state index in [9.17, 15) is 4.79 Å². The topological polar surface area (TPSA) is 36.4 Å². The number of aromatic nitrogens is 1. The first kappa shape index (κ1) is 17.1. The number of para-hydroxylation sites is 1. The summed E-state index contributed by atoms with van der Waals surface area (Å²) in [7, 11) is 0. The summed E-state index contributed by atoms with van der Waals surface area (Å²) in [6, 6.07) is 20.6. The van der Waals surface area contributed by atoms with Gasteiger partial charge in [-0.05, 0) is 42.5 Å². The second kappa shape index (κ2) is 6.65. The zero-order valence-electron chi connectivity index (χ0n) is 16.0. The molecule has 0 atom stereocenters. The number of nitrogens with zero attached hydrogens (tertiary/aromatic N) is 3. The predicted octanol–water partition coefficient (Wildman–Crippen LogP) is 5.25. The molecule has 4 nitrogen and oxygen atoms in total. The Morgan fingerprint density at radius 3 is 2.59 bits per heavy atom. The normalized spacial score (nSPS) is 17.7. The van der Waals surface area contributed by atoms with Crippen molar-refractivity contribution in [3.05, 3.63) is 71.2 Å². The van der Waals surface area contributed by atoms with Crippen molar-refractivity contribution < 1.29 is 4.79 Å². The Labute approximate surface area is 173 Å². The fraction of sp³-hybridized carbons (Fsp3) is 0.250. The molecule has 2 aliphatic heterocycles. The summed E-state index contributed by atoms with van der Waals surface area (Å²) in [6.07, 6.45) is 2.19. The average molecular weight is 400 g/mol. The first-order chi connectivity index (χ1) is 14.3. The van der Waals surface area contributed by atoms with Crippen LogP contribution in [0, 0.1) is 0 Å². The summed E-state index contributed by atoms with van der Waals surface area (Å²) < 4.78 is 1.28. The number of likely N-dealkylation sites (tertiary alicyclic amines) is 1. The van der Waals surface area contributed by atoms with Crippen LogP contribution in [0.1, 0.15) is 34.1 Å². The number of amides is 1. The molecule has 5 heteroatoms. The number of benzene rings is 3. The van der Waals surface area contributed by atoms with Gasteiger partial charge in [0.15, 0.2) is 0 Å². The summed E-state index contributed by atoms with van der Waals surface area (Å²) in [5.41, 5.74) is 3.00. The van der Waals surface area contributed by atoms with Gasteiger partial charge < -0.3 is 0 Å². The van der Waals surface area contributed by atoms with Crippen molar-refractivity contribution in [1.82, 2.24) is 9.88 Å². The lowest BCUT2D eigenvalue weighted by molar-refractivity contribution is 0.0967. The van der Waals surface area contributed by atoms with Gasteiger partial charge in [-0.3, -0.25) is 14.6 Å². The molecule has 0 saturated carbocycles. The highest BCUT2D eigenvalue weighted by atomic mass is 32.1.